The van der Waals surface area contributed by atoms with Gasteiger partial charge in [-0.15, -0.1) is 0 Å². The first-order chi connectivity index (χ1) is 9.07. The highest BCUT2D eigenvalue weighted by molar-refractivity contribution is 14.1. The van der Waals surface area contributed by atoms with E-state index in [9.17, 15) is 0 Å². The van der Waals surface area contributed by atoms with Crippen LogP contribution in [0.4, 0.5) is 5.95 Å². The second kappa shape index (κ2) is 4.96. The van der Waals surface area contributed by atoms with Gasteiger partial charge < -0.3 is 10.3 Å². The highest BCUT2D eigenvalue weighted by Crippen LogP contribution is 2.38. The Labute approximate surface area is 127 Å². The summed E-state index contributed by atoms with van der Waals surface area (Å²) in [6.45, 7) is 3.39. The van der Waals surface area contributed by atoms with Crippen molar-refractivity contribution in [1.82, 2.24) is 9.55 Å². The third kappa shape index (κ3) is 2.59. The molecule has 1 aromatic carbocycles. The lowest BCUT2D eigenvalue weighted by Crippen LogP contribution is -2.26. The molecule has 2 N–H and O–H groups in total. The smallest absolute Gasteiger partial charge is 0.201 e. The molecule has 1 aromatic heterocycles. The molecule has 1 aliphatic carbocycles. The van der Waals surface area contributed by atoms with Crippen LogP contribution >= 0.6 is 22.6 Å². The molecule has 0 spiro atoms. The number of aromatic nitrogens is 2. The van der Waals surface area contributed by atoms with E-state index in [0.717, 1.165) is 12.1 Å². The highest BCUT2D eigenvalue weighted by Gasteiger charge is 2.28. The van der Waals surface area contributed by atoms with Gasteiger partial charge in [-0.05, 0) is 59.0 Å². The summed E-state index contributed by atoms with van der Waals surface area (Å²) in [7, 11) is 0. The van der Waals surface area contributed by atoms with E-state index in [1.165, 1.54) is 41.2 Å². The molecule has 4 heteroatoms. The molecule has 3 rings (SSSR count). The highest BCUT2D eigenvalue weighted by atomic mass is 127. The van der Waals surface area contributed by atoms with E-state index in [2.05, 4.69) is 57.3 Å². The van der Waals surface area contributed by atoms with Crippen molar-refractivity contribution in [3.8, 4) is 0 Å². The molecule has 19 heavy (non-hydrogen) atoms. The van der Waals surface area contributed by atoms with Crippen molar-refractivity contribution in [3.05, 3.63) is 21.8 Å². The maximum atomic E-state index is 6.13. The summed E-state index contributed by atoms with van der Waals surface area (Å²) in [5.41, 5.74) is 8.70. The third-order valence-electron chi connectivity index (χ3n) is 4.34. The number of nitrogens with zero attached hydrogens (tertiary/aromatic N) is 2. The number of rotatable bonds is 2. The Bertz CT molecular complexity index is 597. The van der Waals surface area contributed by atoms with Crippen LogP contribution in [0, 0.1) is 8.99 Å². The summed E-state index contributed by atoms with van der Waals surface area (Å²) < 4.78 is 3.41. The molecule has 0 unspecified atom stereocenters. The average Bonchev–Trinajstić information content (AvgIpc) is 2.65. The fourth-order valence-corrected chi connectivity index (χ4v) is 3.71. The zero-order chi connectivity index (χ0) is 13.5. The van der Waals surface area contributed by atoms with E-state index in [-0.39, 0.29) is 0 Å². The van der Waals surface area contributed by atoms with E-state index in [0.29, 0.717) is 11.4 Å². The molecule has 0 radical (unpaired) electrons. The number of fused-ring (bicyclic) bond motifs is 1. The molecule has 102 valence electrons. The fraction of sp³-hybridized carbons (Fsp3) is 0.533. The molecule has 0 bridgehead atoms. The number of benzene rings is 1. The maximum Gasteiger partial charge on any atom is 0.201 e. The van der Waals surface area contributed by atoms with Crippen LogP contribution < -0.4 is 5.73 Å². The summed E-state index contributed by atoms with van der Waals surface area (Å²) >= 11 is 2.32. The molecule has 2 aromatic rings. The van der Waals surface area contributed by atoms with Gasteiger partial charge in [0.1, 0.15) is 0 Å². The third-order valence-corrected chi connectivity index (χ3v) is 5.01. The van der Waals surface area contributed by atoms with Crippen molar-refractivity contribution in [2.75, 3.05) is 5.73 Å². The van der Waals surface area contributed by atoms with Crippen molar-refractivity contribution in [3.63, 3.8) is 0 Å². The Hall–Kier alpha value is -0.780. The van der Waals surface area contributed by atoms with E-state index in [4.69, 9.17) is 5.73 Å². The normalized spacial score (nSPS) is 18.8. The van der Waals surface area contributed by atoms with Crippen molar-refractivity contribution in [1.29, 1.82) is 0 Å². The van der Waals surface area contributed by atoms with Gasteiger partial charge in [0.2, 0.25) is 5.95 Å². The number of hydrogen-bond donors (Lipinski definition) is 1. The Balaban J connectivity index is 1.98. The van der Waals surface area contributed by atoms with Gasteiger partial charge in [-0.3, -0.25) is 0 Å². The SMILES string of the molecule is CC1(Cn2c(N)nc3cc(I)ccc32)CCCCC1. The second-order valence-electron chi connectivity index (χ2n) is 6.06. The molecule has 0 saturated heterocycles. The van der Waals surface area contributed by atoms with Gasteiger partial charge in [0.25, 0.3) is 0 Å². The van der Waals surface area contributed by atoms with E-state index in [1.54, 1.807) is 0 Å². The predicted molar refractivity (Wildman–Crippen MR) is 88.1 cm³/mol. The zero-order valence-corrected chi connectivity index (χ0v) is 13.5. The quantitative estimate of drug-likeness (QED) is 0.807. The first-order valence-electron chi connectivity index (χ1n) is 6.99. The van der Waals surface area contributed by atoms with Gasteiger partial charge in [-0.2, -0.15) is 0 Å². The van der Waals surface area contributed by atoms with Crippen molar-refractivity contribution in [2.24, 2.45) is 5.41 Å². The van der Waals surface area contributed by atoms with Crippen molar-refractivity contribution in [2.45, 2.75) is 45.6 Å². The van der Waals surface area contributed by atoms with Crippen LogP contribution in [-0.2, 0) is 6.54 Å². The summed E-state index contributed by atoms with van der Waals surface area (Å²) in [6, 6.07) is 6.38. The monoisotopic (exact) mass is 369 g/mol. The Morgan fingerprint density at radius 1 is 1.32 bits per heavy atom. The number of anilines is 1. The van der Waals surface area contributed by atoms with E-state index < -0.39 is 0 Å². The fourth-order valence-electron chi connectivity index (χ4n) is 3.23. The van der Waals surface area contributed by atoms with Gasteiger partial charge in [0.15, 0.2) is 0 Å². The summed E-state index contributed by atoms with van der Waals surface area (Å²) in [6.07, 6.45) is 6.68. The van der Waals surface area contributed by atoms with Gasteiger partial charge in [0.05, 0.1) is 11.0 Å². The topological polar surface area (TPSA) is 43.8 Å². The first-order valence-corrected chi connectivity index (χ1v) is 8.07. The molecule has 1 aliphatic rings. The molecule has 1 heterocycles. The van der Waals surface area contributed by atoms with Crippen LogP contribution in [0.3, 0.4) is 0 Å². The molecule has 0 atom stereocenters. The van der Waals surface area contributed by atoms with Crippen molar-refractivity contribution >= 4 is 39.6 Å². The number of nitrogens with two attached hydrogens (primary N) is 1. The lowest BCUT2D eigenvalue weighted by atomic mass is 9.75. The second-order valence-corrected chi connectivity index (χ2v) is 7.31. The lowest BCUT2D eigenvalue weighted by molar-refractivity contribution is 0.186. The number of nitrogen functional groups attached to an aromatic ring is 1. The van der Waals surface area contributed by atoms with E-state index >= 15 is 0 Å². The lowest BCUT2D eigenvalue weighted by Gasteiger charge is -2.34. The minimum absolute atomic E-state index is 0.378. The number of halogens is 1. The van der Waals surface area contributed by atoms with Crippen LogP contribution in [0.25, 0.3) is 11.0 Å². The summed E-state index contributed by atoms with van der Waals surface area (Å²) in [4.78, 5) is 4.51. The number of imidazole rings is 1. The molecule has 0 aliphatic heterocycles. The summed E-state index contributed by atoms with van der Waals surface area (Å²) in [5, 5.41) is 0. The standard InChI is InChI=1S/C15H20IN3/c1-15(7-3-2-4-8-15)10-19-13-6-5-11(16)9-12(13)18-14(19)17/h5-6,9H,2-4,7-8,10H2,1H3,(H2,17,18). The molecule has 0 amide bonds. The molecular weight excluding hydrogens is 349 g/mol. The molecule has 3 nitrogen and oxygen atoms in total. The van der Waals surface area contributed by atoms with E-state index in [1.807, 2.05) is 0 Å². The molecular formula is C15H20IN3. The van der Waals surface area contributed by atoms with Gasteiger partial charge >= 0.3 is 0 Å². The molecule has 1 saturated carbocycles. The maximum absolute atomic E-state index is 6.13. The van der Waals surface area contributed by atoms with Gasteiger partial charge in [-0.1, -0.05) is 26.2 Å². The Morgan fingerprint density at radius 2 is 2.05 bits per heavy atom. The zero-order valence-electron chi connectivity index (χ0n) is 11.3. The number of hydrogen-bond acceptors (Lipinski definition) is 2. The van der Waals surface area contributed by atoms with Crippen LogP contribution in [0.2, 0.25) is 0 Å². The van der Waals surface area contributed by atoms with Gasteiger partial charge in [-0.25, -0.2) is 4.98 Å². The minimum atomic E-state index is 0.378. The minimum Gasteiger partial charge on any atom is -0.369 e. The Kier molecular flexibility index (Phi) is 3.45. The predicted octanol–water partition coefficient (Wildman–Crippen LogP) is 4.19. The first kappa shape index (κ1) is 13.2. The molecule has 1 fully saturated rings. The van der Waals surface area contributed by atoms with Crippen LogP contribution in [0.5, 0.6) is 0 Å². The average molecular weight is 369 g/mol. The van der Waals surface area contributed by atoms with Gasteiger partial charge in [0, 0.05) is 10.1 Å². The van der Waals surface area contributed by atoms with Crippen LogP contribution in [0.1, 0.15) is 39.0 Å². The van der Waals surface area contributed by atoms with Crippen LogP contribution in [-0.4, -0.2) is 9.55 Å². The van der Waals surface area contributed by atoms with Crippen molar-refractivity contribution < 1.29 is 0 Å². The summed E-state index contributed by atoms with van der Waals surface area (Å²) in [5.74, 6) is 0.656. The Morgan fingerprint density at radius 3 is 2.79 bits per heavy atom. The largest absolute Gasteiger partial charge is 0.369 e. The van der Waals surface area contributed by atoms with Crippen LogP contribution in [0.15, 0.2) is 18.2 Å².